The van der Waals surface area contributed by atoms with Gasteiger partial charge in [-0.2, -0.15) is 4.98 Å². The van der Waals surface area contributed by atoms with E-state index in [-0.39, 0.29) is 18.3 Å². The molecule has 0 saturated carbocycles. The number of hydrogen-bond acceptors (Lipinski definition) is 7. The molecule has 0 aliphatic carbocycles. The van der Waals surface area contributed by atoms with E-state index in [2.05, 4.69) is 14.4 Å². The molecule has 0 spiro atoms. The molecule has 41 heavy (non-hydrogen) atoms. The Labute approximate surface area is 241 Å². The van der Waals surface area contributed by atoms with Gasteiger partial charge < -0.3 is 24.0 Å². The van der Waals surface area contributed by atoms with Gasteiger partial charge in [0.25, 0.3) is 0 Å². The number of carboxylic acids is 1. The van der Waals surface area contributed by atoms with Crippen LogP contribution in [0.3, 0.4) is 0 Å². The minimum Gasteiger partial charge on any atom is -0.478 e. The summed E-state index contributed by atoms with van der Waals surface area (Å²) < 4.78 is 27.8. The van der Waals surface area contributed by atoms with Gasteiger partial charge in [0.1, 0.15) is 24.1 Å². The van der Waals surface area contributed by atoms with E-state index in [1.807, 2.05) is 12.1 Å². The molecule has 0 radical (unpaired) electrons. The quantitative estimate of drug-likeness (QED) is 0.305. The van der Waals surface area contributed by atoms with Crippen molar-refractivity contribution >= 4 is 34.4 Å². The number of likely N-dealkylation sites (tertiary alicyclic amines) is 1. The van der Waals surface area contributed by atoms with Crippen molar-refractivity contribution in [1.82, 2.24) is 19.4 Å². The highest BCUT2D eigenvalue weighted by molar-refractivity contribution is 6.30. The summed E-state index contributed by atoms with van der Waals surface area (Å²) in [5, 5.41) is 9.87. The van der Waals surface area contributed by atoms with Gasteiger partial charge in [-0.15, -0.1) is 0 Å². The Hall–Kier alpha value is -3.73. The van der Waals surface area contributed by atoms with E-state index >= 15 is 0 Å². The number of piperazine rings is 1. The van der Waals surface area contributed by atoms with Gasteiger partial charge in [0.05, 0.1) is 35.8 Å². The smallest absolute Gasteiger partial charge is 0.335 e. The highest BCUT2D eigenvalue weighted by Crippen LogP contribution is 2.36. The number of pyridine rings is 1. The maximum absolute atomic E-state index is 14.2. The third-order valence-electron chi connectivity index (χ3n) is 8.35. The minimum atomic E-state index is -0.946. The average Bonchev–Trinajstić information content (AvgIpc) is 3.63. The van der Waals surface area contributed by atoms with Gasteiger partial charge in [0.2, 0.25) is 5.88 Å². The number of aromatic nitrogens is 3. The zero-order valence-corrected chi connectivity index (χ0v) is 23.0. The molecule has 2 unspecified atom stereocenters. The molecule has 5 heterocycles. The number of aromatic carboxylic acids is 1. The second-order valence-electron chi connectivity index (χ2n) is 10.9. The topological polar surface area (TPSA) is 93.0 Å². The first-order valence-electron chi connectivity index (χ1n) is 13.8. The van der Waals surface area contributed by atoms with E-state index in [1.165, 1.54) is 6.07 Å². The standard InChI is InChI=1S/C30H29ClFN5O4/c31-20-6-4-19(24(32)11-20)17-41-29-3-1-2-27(34-29)36-14-21-12-22(36)13-35(21)16-28-33-25-7-5-18(30(38)39)10-26(25)37(28)15-23-8-9-40-23/h1-7,10-11,21-23H,8-9,12-17H2,(H,38,39)/t21?,22?,23-/m0/s1. The molecule has 212 valence electrons. The number of halogens is 2. The van der Waals surface area contributed by atoms with E-state index in [0.717, 1.165) is 55.2 Å². The van der Waals surface area contributed by atoms with Crippen LogP contribution in [0.4, 0.5) is 10.2 Å². The van der Waals surface area contributed by atoms with Crippen LogP contribution in [-0.4, -0.2) is 68.4 Å². The fourth-order valence-electron chi connectivity index (χ4n) is 6.10. The van der Waals surface area contributed by atoms with Gasteiger partial charge in [-0.25, -0.2) is 14.2 Å². The van der Waals surface area contributed by atoms with Crippen molar-refractivity contribution in [3.63, 3.8) is 0 Å². The summed E-state index contributed by atoms with van der Waals surface area (Å²) in [6, 6.07) is 16.0. The fraction of sp³-hybridized carbons (Fsp3) is 0.367. The van der Waals surface area contributed by atoms with E-state index in [9.17, 15) is 14.3 Å². The zero-order valence-electron chi connectivity index (χ0n) is 22.2. The lowest BCUT2D eigenvalue weighted by Gasteiger charge is -2.35. The molecule has 9 nitrogen and oxygen atoms in total. The normalized spacial score (nSPS) is 21.9. The maximum Gasteiger partial charge on any atom is 0.335 e. The number of nitrogens with zero attached hydrogens (tertiary/aromatic N) is 5. The van der Waals surface area contributed by atoms with Gasteiger partial charge in [-0.05, 0) is 49.2 Å². The summed E-state index contributed by atoms with van der Waals surface area (Å²) in [5.74, 6) is 0.881. The van der Waals surface area contributed by atoms with Crippen LogP contribution < -0.4 is 9.64 Å². The van der Waals surface area contributed by atoms with Crippen molar-refractivity contribution < 1.29 is 23.8 Å². The van der Waals surface area contributed by atoms with Crippen molar-refractivity contribution in [3.05, 3.63) is 82.4 Å². The van der Waals surface area contributed by atoms with Crippen LogP contribution in [0.5, 0.6) is 5.88 Å². The first-order valence-corrected chi connectivity index (χ1v) is 14.2. The molecule has 7 rings (SSSR count). The molecular weight excluding hydrogens is 549 g/mol. The minimum absolute atomic E-state index is 0.0696. The van der Waals surface area contributed by atoms with Crippen LogP contribution in [0.15, 0.2) is 54.6 Å². The Morgan fingerprint density at radius 2 is 2.00 bits per heavy atom. The van der Waals surface area contributed by atoms with Crippen LogP contribution >= 0.6 is 11.6 Å². The van der Waals surface area contributed by atoms with Gasteiger partial charge in [-0.1, -0.05) is 23.7 Å². The molecule has 4 aromatic rings. The first-order chi connectivity index (χ1) is 19.9. The van der Waals surface area contributed by atoms with Crippen LogP contribution in [-0.2, 0) is 24.4 Å². The number of benzene rings is 2. The lowest BCUT2D eigenvalue weighted by atomic mass is 10.1. The highest BCUT2D eigenvalue weighted by atomic mass is 35.5. The second kappa shape index (κ2) is 10.6. The van der Waals surface area contributed by atoms with Crippen LogP contribution in [0.25, 0.3) is 11.0 Å². The fourth-order valence-corrected chi connectivity index (χ4v) is 6.26. The second-order valence-corrected chi connectivity index (χ2v) is 11.3. The van der Waals surface area contributed by atoms with Crippen LogP contribution in [0, 0.1) is 5.82 Å². The third-order valence-corrected chi connectivity index (χ3v) is 8.58. The van der Waals surface area contributed by atoms with E-state index in [1.54, 1.807) is 36.4 Å². The number of carbonyl (C=O) groups is 1. The van der Waals surface area contributed by atoms with Crippen molar-refractivity contribution in [3.8, 4) is 5.88 Å². The lowest BCUT2D eigenvalue weighted by Crippen LogP contribution is -2.46. The summed E-state index contributed by atoms with van der Waals surface area (Å²) in [4.78, 5) is 26.0. The number of fused-ring (bicyclic) bond motifs is 3. The predicted octanol–water partition coefficient (Wildman–Crippen LogP) is 4.75. The monoisotopic (exact) mass is 577 g/mol. The molecule has 3 fully saturated rings. The van der Waals surface area contributed by atoms with Crippen molar-refractivity contribution in [2.45, 2.75) is 50.7 Å². The van der Waals surface area contributed by atoms with Gasteiger partial charge >= 0.3 is 5.97 Å². The Kier molecular flexibility index (Phi) is 6.76. The number of carboxylic acid groups (broad SMARTS) is 1. The molecule has 2 aromatic carbocycles. The number of imidazole rings is 1. The molecule has 2 bridgehead atoms. The molecule has 3 aliphatic heterocycles. The first kappa shape index (κ1) is 26.2. The lowest BCUT2D eigenvalue weighted by molar-refractivity contribution is -0.0592. The van der Waals surface area contributed by atoms with E-state index < -0.39 is 11.8 Å². The van der Waals surface area contributed by atoms with Crippen molar-refractivity contribution in [2.75, 3.05) is 24.6 Å². The molecule has 0 amide bonds. The predicted molar refractivity (Wildman–Crippen MR) is 151 cm³/mol. The third kappa shape index (κ3) is 5.11. The van der Waals surface area contributed by atoms with Crippen LogP contribution in [0.2, 0.25) is 5.02 Å². The summed E-state index contributed by atoms with van der Waals surface area (Å²) in [7, 11) is 0. The summed E-state index contributed by atoms with van der Waals surface area (Å²) in [5.41, 5.74) is 2.31. The van der Waals surface area contributed by atoms with E-state index in [4.69, 9.17) is 31.0 Å². The van der Waals surface area contributed by atoms with Gasteiger partial charge in [0.15, 0.2) is 0 Å². The van der Waals surface area contributed by atoms with E-state index in [0.29, 0.717) is 41.6 Å². The van der Waals surface area contributed by atoms with Crippen molar-refractivity contribution in [1.29, 1.82) is 0 Å². The van der Waals surface area contributed by atoms with Crippen LogP contribution in [0.1, 0.15) is 34.6 Å². The maximum atomic E-state index is 14.2. The number of hydrogen-bond donors (Lipinski definition) is 1. The average molecular weight is 578 g/mol. The summed E-state index contributed by atoms with van der Waals surface area (Å²) in [6.07, 6.45) is 2.14. The molecule has 11 heteroatoms. The molecule has 3 aliphatic rings. The largest absolute Gasteiger partial charge is 0.478 e. The molecule has 3 saturated heterocycles. The number of rotatable bonds is 9. The molecule has 2 aromatic heterocycles. The Morgan fingerprint density at radius 3 is 2.73 bits per heavy atom. The Balaban J connectivity index is 1.05. The highest BCUT2D eigenvalue weighted by Gasteiger charge is 2.44. The number of ether oxygens (including phenoxy) is 2. The molecule has 3 atom stereocenters. The Bertz CT molecular complexity index is 1630. The molecule has 1 N–H and O–H groups in total. The summed E-state index contributed by atoms with van der Waals surface area (Å²) >= 11 is 5.85. The zero-order chi connectivity index (χ0) is 28.1. The molecular formula is C30H29ClFN5O4. The van der Waals surface area contributed by atoms with Gasteiger partial charge in [-0.3, -0.25) is 4.90 Å². The van der Waals surface area contributed by atoms with Crippen molar-refractivity contribution in [2.24, 2.45) is 0 Å². The van der Waals surface area contributed by atoms with Gasteiger partial charge in [0, 0.05) is 48.4 Å². The number of anilines is 1. The Morgan fingerprint density at radius 1 is 1.12 bits per heavy atom. The summed E-state index contributed by atoms with van der Waals surface area (Å²) in [6.45, 7) is 3.89. The SMILES string of the molecule is O=C(O)c1ccc2nc(CN3CC4CC3CN4c3cccc(OCc4ccc(Cl)cc4F)n3)n(C[C@@H]3CCO3)c2c1.